The Bertz CT molecular complexity index is 624. The first-order chi connectivity index (χ1) is 13.2. The number of ether oxygens (including phenoxy) is 3. The van der Waals surface area contributed by atoms with Gasteiger partial charge in [0.15, 0.2) is 5.96 Å². The summed E-state index contributed by atoms with van der Waals surface area (Å²) in [7, 11) is 3.40. The fraction of sp³-hybridized carbons (Fsp3) is 0.650. The van der Waals surface area contributed by atoms with E-state index >= 15 is 0 Å². The van der Waals surface area contributed by atoms with Gasteiger partial charge in [-0.25, -0.2) is 0 Å². The van der Waals surface area contributed by atoms with Crippen molar-refractivity contribution in [3.63, 3.8) is 0 Å². The number of phenolic OH excluding ortho intramolecular Hbond substituents is 1. The number of phenols is 1. The van der Waals surface area contributed by atoms with E-state index < -0.39 is 0 Å². The fourth-order valence-corrected chi connectivity index (χ4v) is 3.59. The summed E-state index contributed by atoms with van der Waals surface area (Å²) in [6, 6.07) is 5.23. The molecule has 1 atom stereocenters. The second-order valence-electron chi connectivity index (χ2n) is 7.05. The van der Waals surface area contributed by atoms with Crippen LogP contribution in [0.2, 0.25) is 0 Å². The van der Waals surface area contributed by atoms with Crippen LogP contribution in [0.1, 0.15) is 31.2 Å². The molecule has 2 heterocycles. The minimum atomic E-state index is 0.250. The van der Waals surface area contributed by atoms with E-state index in [4.69, 9.17) is 14.2 Å². The van der Waals surface area contributed by atoms with Gasteiger partial charge in [0.05, 0.1) is 25.9 Å². The first kappa shape index (κ1) is 19.8. The number of nitrogens with one attached hydrogen (secondary N) is 1. The molecule has 2 fully saturated rings. The highest BCUT2D eigenvalue weighted by molar-refractivity contribution is 5.80. The van der Waals surface area contributed by atoms with Gasteiger partial charge in [0.25, 0.3) is 0 Å². The molecule has 0 saturated carbocycles. The molecule has 0 aromatic heterocycles. The summed E-state index contributed by atoms with van der Waals surface area (Å²) in [5.41, 5.74) is 0.783. The Labute approximate surface area is 161 Å². The Balaban J connectivity index is 1.45. The summed E-state index contributed by atoms with van der Waals surface area (Å²) in [4.78, 5) is 6.63. The number of aliphatic imine (C=N–C) groups is 1. The quantitative estimate of drug-likeness (QED) is 0.584. The van der Waals surface area contributed by atoms with Crippen LogP contribution in [0.4, 0.5) is 0 Å². The molecule has 0 amide bonds. The second-order valence-corrected chi connectivity index (χ2v) is 7.05. The van der Waals surface area contributed by atoms with Crippen LogP contribution >= 0.6 is 0 Å². The lowest BCUT2D eigenvalue weighted by Crippen LogP contribution is -2.47. The first-order valence-corrected chi connectivity index (χ1v) is 9.74. The van der Waals surface area contributed by atoms with Gasteiger partial charge >= 0.3 is 0 Å². The standard InChI is InChI=1S/C20H31N3O4/c1-21-20(22-13-15-12-17(25-2)5-6-19(15)24)23-9-7-16(8-10-23)27-14-18-4-3-11-26-18/h5-6,12,16,18,24H,3-4,7-11,13-14H2,1-2H3,(H,21,22). The SMILES string of the molecule is CN=C(NCc1cc(OC)ccc1O)N1CCC(OCC2CCCO2)CC1. The molecule has 1 aromatic carbocycles. The van der Waals surface area contributed by atoms with Crippen LogP contribution in [0.25, 0.3) is 0 Å². The minimum absolute atomic E-state index is 0.250. The third-order valence-electron chi connectivity index (χ3n) is 5.22. The van der Waals surface area contributed by atoms with Crippen molar-refractivity contribution in [2.24, 2.45) is 4.99 Å². The molecule has 2 aliphatic heterocycles. The highest BCUT2D eigenvalue weighted by Crippen LogP contribution is 2.23. The molecule has 7 nitrogen and oxygen atoms in total. The van der Waals surface area contributed by atoms with Gasteiger partial charge in [-0.1, -0.05) is 0 Å². The minimum Gasteiger partial charge on any atom is -0.508 e. The molecule has 1 aromatic rings. The lowest BCUT2D eigenvalue weighted by Gasteiger charge is -2.34. The van der Waals surface area contributed by atoms with Crippen LogP contribution in [0.3, 0.4) is 0 Å². The van der Waals surface area contributed by atoms with E-state index in [-0.39, 0.29) is 11.9 Å². The first-order valence-electron chi connectivity index (χ1n) is 9.74. The monoisotopic (exact) mass is 377 g/mol. The summed E-state index contributed by atoms with van der Waals surface area (Å²) in [6.45, 7) is 3.88. The van der Waals surface area contributed by atoms with Crippen molar-refractivity contribution in [2.75, 3.05) is 40.5 Å². The topological polar surface area (TPSA) is 75.6 Å². The number of methoxy groups -OCH3 is 1. The zero-order valence-corrected chi connectivity index (χ0v) is 16.3. The molecule has 150 valence electrons. The van der Waals surface area contributed by atoms with E-state index in [0.29, 0.717) is 19.3 Å². The smallest absolute Gasteiger partial charge is 0.193 e. The molecule has 0 radical (unpaired) electrons. The van der Waals surface area contributed by atoms with Gasteiger partial charge < -0.3 is 29.5 Å². The molecular weight excluding hydrogens is 346 g/mol. The zero-order valence-electron chi connectivity index (χ0n) is 16.3. The van der Waals surface area contributed by atoms with Crippen molar-refractivity contribution in [2.45, 2.75) is 44.4 Å². The molecule has 0 spiro atoms. The highest BCUT2D eigenvalue weighted by atomic mass is 16.5. The Morgan fingerprint density at radius 2 is 2.15 bits per heavy atom. The second kappa shape index (κ2) is 9.80. The predicted octanol–water partition coefficient (Wildman–Crippen LogP) is 2.14. The maximum absolute atomic E-state index is 10.0. The lowest BCUT2D eigenvalue weighted by atomic mass is 10.1. The number of piperidine rings is 1. The molecule has 27 heavy (non-hydrogen) atoms. The Morgan fingerprint density at radius 3 is 2.81 bits per heavy atom. The predicted molar refractivity (Wildman–Crippen MR) is 104 cm³/mol. The molecule has 3 rings (SSSR count). The molecule has 0 aliphatic carbocycles. The third kappa shape index (κ3) is 5.49. The number of aromatic hydroxyl groups is 1. The number of likely N-dealkylation sites (tertiary alicyclic amines) is 1. The van der Waals surface area contributed by atoms with Crippen LogP contribution in [-0.4, -0.2) is 68.6 Å². The largest absolute Gasteiger partial charge is 0.508 e. The maximum Gasteiger partial charge on any atom is 0.193 e. The Morgan fingerprint density at radius 1 is 1.33 bits per heavy atom. The lowest BCUT2D eigenvalue weighted by molar-refractivity contribution is -0.0367. The summed E-state index contributed by atoms with van der Waals surface area (Å²) in [5, 5.41) is 13.4. The normalized spacial score (nSPS) is 21.5. The van der Waals surface area contributed by atoms with Crippen LogP contribution in [0, 0.1) is 0 Å². The van der Waals surface area contributed by atoms with E-state index in [1.54, 1.807) is 26.3 Å². The number of guanidine groups is 1. The highest BCUT2D eigenvalue weighted by Gasteiger charge is 2.24. The molecule has 7 heteroatoms. The van der Waals surface area contributed by atoms with Crippen molar-refractivity contribution in [1.82, 2.24) is 10.2 Å². The van der Waals surface area contributed by atoms with Crippen molar-refractivity contribution < 1.29 is 19.3 Å². The summed E-state index contributed by atoms with van der Waals surface area (Å²) in [5.74, 6) is 1.82. The van der Waals surface area contributed by atoms with Crippen molar-refractivity contribution in [1.29, 1.82) is 0 Å². The van der Waals surface area contributed by atoms with Gasteiger partial charge in [-0.2, -0.15) is 0 Å². The third-order valence-corrected chi connectivity index (χ3v) is 5.22. The Hall–Kier alpha value is -1.99. The average Bonchev–Trinajstić information content (AvgIpc) is 3.22. The fourth-order valence-electron chi connectivity index (χ4n) is 3.59. The summed E-state index contributed by atoms with van der Waals surface area (Å²) < 4.78 is 16.9. The van der Waals surface area contributed by atoms with Gasteiger partial charge in [-0.05, 0) is 43.9 Å². The molecule has 2 saturated heterocycles. The van der Waals surface area contributed by atoms with E-state index in [1.165, 1.54) is 0 Å². The molecule has 0 bridgehead atoms. The number of hydrogen-bond acceptors (Lipinski definition) is 5. The summed E-state index contributed by atoms with van der Waals surface area (Å²) >= 11 is 0. The van der Waals surface area contributed by atoms with E-state index in [1.807, 2.05) is 6.07 Å². The molecular formula is C20H31N3O4. The maximum atomic E-state index is 10.0. The number of nitrogens with zero attached hydrogens (tertiary/aromatic N) is 2. The van der Waals surface area contributed by atoms with Crippen molar-refractivity contribution in [3.05, 3.63) is 23.8 Å². The van der Waals surface area contributed by atoms with Gasteiger partial charge in [-0.15, -0.1) is 0 Å². The van der Waals surface area contributed by atoms with Gasteiger partial charge in [0, 0.05) is 38.9 Å². The average molecular weight is 377 g/mol. The van der Waals surface area contributed by atoms with Crippen LogP contribution < -0.4 is 10.1 Å². The van der Waals surface area contributed by atoms with Gasteiger partial charge in [0.2, 0.25) is 0 Å². The molecule has 2 N–H and O–H groups in total. The zero-order chi connectivity index (χ0) is 19.1. The van der Waals surface area contributed by atoms with E-state index in [2.05, 4.69) is 15.2 Å². The Kier molecular flexibility index (Phi) is 7.18. The van der Waals surface area contributed by atoms with Crippen LogP contribution in [-0.2, 0) is 16.0 Å². The molecule has 1 unspecified atom stereocenters. The van der Waals surface area contributed by atoms with Crippen LogP contribution in [0.15, 0.2) is 23.2 Å². The summed E-state index contributed by atoms with van der Waals surface area (Å²) in [6.07, 6.45) is 4.82. The van der Waals surface area contributed by atoms with E-state index in [0.717, 1.165) is 62.7 Å². The van der Waals surface area contributed by atoms with Crippen molar-refractivity contribution >= 4 is 5.96 Å². The van der Waals surface area contributed by atoms with E-state index in [9.17, 15) is 5.11 Å². The number of benzene rings is 1. The van der Waals surface area contributed by atoms with Gasteiger partial charge in [-0.3, -0.25) is 4.99 Å². The van der Waals surface area contributed by atoms with Crippen molar-refractivity contribution in [3.8, 4) is 11.5 Å². The molecule has 2 aliphatic rings. The van der Waals surface area contributed by atoms with Gasteiger partial charge in [0.1, 0.15) is 11.5 Å². The number of hydrogen-bond donors (Lipinski definition) is 2. The van der Waals surface area contributed by atoms with Crippen LogP contribution in [0.5, 0.6) is 11.5 Å². The number of rotatable bonds is 6.